The van der Waals surface area contributed by atoms with E-state index in [-0.39, 0.29) is 15.5 Å². The number of fused-ring (bicyclic) bond motifs is 2. The molecule has 2 heterocycles. The van der Waals surface area contributed by atoms with Crippen LogP contribution in [0.1, 0.15) is 0 Å². The van der Waals surface area contributed by atoms with Gasteiger partial charge in [-0.15, -0.1) is 0 Å². The fourth-order valence-electron chi connectivity index (χ4n) is 5.25. The largest absolute Gasteiger partial charge is 0.493 e. The third kappa shape index (κ3) is 13.0. The topological polar surface area (TPSA) is 275 Å². The molecule has 0 fully saturated rings. The molecule has 0 aliphatic carbocycles. The maximum atomic E-state index is 12.1. The summed E-state index contributed by atoms with van der Waals surface area (Å²) in [5, 5.41) is 12.3. The van der Waals surface area contributed by atoms with Crippen LogP contribution >= 0.6 is 34.8 Å². The van der Waals surface area contributed by atoms with Crippen molar-refractivity contribution >= 4 is 99.8 Å². The fourth-order valence-corrected chi connectivity index (χ4v) is 7.28. The number of nitrogens with two attached hydrogens (primary N) is 1. The van der Waals surface area contributed by atoms with Gasteiger partial charge in [-0.3, -0.25) is 0 Å². The molecule has 6 aromatic rings. The van der Waals surface area contributed by atoms with Gasteiger partial charge in [0.2, 0.25) is 31.5 Å². The number of alkyl halides is 3. The molecule has 0 saturated carbocycles. The molecule has 28 heteroatoms. The Bertz CT molecular complexity index is 2920. The summed E-state index contributed by atoms with van der Waals surface area (Å²) in [6.07, 6.45) is -2.34. The summed E-state index contributed by atoms with van der Waals surface area (Å²) in [5.41, 5.74) is 7.22. The van der Waals surface area contributed by atoms with Crippen LogP contribution in [-0.4, -0.2) is 111 Å². The lowest BCUT2D eigenvalue weighted by Crippen LogP contribution is -2.21. The lowest BCUT2D eigenvalue weighted by atomic mass is 10.1. The number of hydrogen-bond acceptors (Lipinski definition) is 17. The van der Waals surface area contributed by atoms with Crippen molar-refractivity contribution in [1.29, 1.82) is 0 Å². The minimum absolute atomic E-state index is 0.0523. The Morgan fingerprint density at radius 3 is 1.48 bits per heavy atom. The van der Waals surface area contributed by atoms with Crippen molar-refractivity contribution in [1.82, 2.24) is 29.4 Å². The number of carboxylic acids is 1. The zero-order valence-electron chi connectivity index (χ0n) is 35.7. The quantitative estimate of drug-likeness (QED) is 0.0627. The van der Waals surface area contributed by atoms with Crippen molar-refractivity contribution in [3.63, 3.8) is 0 Å². The molecule has 0 saturated heterocycles. The molecule has 0 spiro atoms. The number of aliphatic carboxylic acids is 1. The minimum Gasteiger partial charge on any atom is -0.493 e. The van der Waals surface area contributed by atoms with E-state index in [1.54, 1.807) is 19.2 Å². The van der Waals surface area contributed by atoms with Crippen molar-refractivity contribution in [3.8, 4) is 34.5 Å². The zero-order valence-corrected chi connectivity index (χ0v) is 39.6. The maximum Gasteiger partial charge on any atom is 0.490 e. The summed E-state index contributed by atoms with van der Waals surface area (Å²) in [6.45, 7) is 0. The van der Waals surface area contributed by atoms with E-state index in [1.807, 2.05) is 0 Å². The number of hydrogen-bond donors (Lipinski definition) is 5. The standard InChI is InChI=1S/C18H19ClN4O5S.C11H11ClN2O3.C7H9ClN2O2S.C2HF3O2/c1-20-29(24,25)10-5-6-11(19)12(7-10)23-18-15-13(21-9-22-18)8-14(26-2)16(27-3)17(15)28-4;1-15-7-4-6-8(11(12)14-5-13-6)10(17-3)9(7)16-2;1-10-13(11,12)5-2-3-6(8)7(9)4-5;3-2(4,5)1(6)7/h5-9,20H,1-4H3,(H,21,22,23);4-5H,1-3H3;2-4,10H,9H2,1H3;(H,6,7). The minimum atomic E-state index is -5.08. The first-order chi connectivity index (χ1) is 31.0. The van der Waals surface area contributed by atoms with Crippen LogP contribution in [0.15, 0.2) is 71.0 Å². The first-order valence-corrected chi connectivity index (χ1v) is 21.9. The molecule has 0 amide bonds. The molecule has 0 unspecified atom stereocenters. The Balaban J connectivity index is 0.000000264. The summed E-state index contributed by atoms with van der Waals surface area (Å²) in [6, 6.07) is 11.9. The molecule has 0 aliphatic heterocycles. The van der Waals surface area contributed by atoms with E-state index in [2.05, 4.69) is 34.7 Å². The number of nitrogens with one attached hydrogen (secondary N) is 3. The van der Waals surface area contributed by atoms with Crippen LogP contribution in [0, 0.1) is 0 Å². The number of ether oxygens (including phenoxy) is 6. The molecule has 0 aliphatic rings. The van der Waals surface area contributed by atoms with Gasteiger partial charge in [0, 0.05) is 12.1 Å². The van der Waals surface area contributed by atoms with Crippen LogP contribution < -0.4 is 48.9 Å². The van der Waals surface area contributed by atoms with E-state index in [1.165, 1.54) is 98.7 Å². The normalized spacial score (nSPS) is 11.1. The molecular weight excluding hydrogens is 988 g/mol. The summed E-state index contributed by atoms with van der Waals surface area (Å²) < 4.78 is 115. The summed E-state index contributed by atoms with van der Waals surface area (Å²) in [7, 11) is 4.69. The number of sulfonamides is 2. The third-order valence-corrected chi connectivity index (χ3v) is 12.2. The maximum absolute atomic E-state index is 12.1. The van der Waals surface area contributed by atoms with Crippen molar-refractivity contribution in [2.24, 2.45) is 0 Å². The predicted molar refractivity (Wildman–Crippen MR) is 240 cm³/mol. The van der Waals surface area contributed by atoms with E-state index in [4.69, 9.17) is 78.9 Å². The van der Waals surface area contributed by atoms with Gasteiger partial charge in [0.05, 0.1) is 95.7 Å². The SMILES string of the molecule is CNS(=O)(=O)c1ccc(Cl)c(N)c1.CNS(=O)(=O)c1ccc(Cl)c(Nc2ncnc3cc(OC)c(OC)c(OC)c23)c1.COc1cc2ncnc(Cl)c2c(OC)c1OC.O=C(O)C(F)(F)F. The van der Waals surface area contributed by atoms with E-state index in [0.717, 1.165) is 0 Å². The number of aromatic nitrogens is 4. The number of anilines is 3. The van der Waals surface area contributed by atoms with Gasteiger partial charge in [-0.25, -0.2) is 51.0 Å². The average Bonchev–Trinajstić information content (AvgIpc) is 3.29. The fraction of sp³-hybridized carbons (Fsp3) is 0.237. The van der Waals surface area contributed by atoms with Crippen LogP contribution in [-0.2, 0) is 24.8 Å². The first-order valence-electron chi connectivity index (χ1n) is 17.8. The second kappa shape index (κ2) is 23.4. The number of carboxylic acid groups (broad SMARTS) is 1. The molecule has 358 valence electrons. The number of halogens is 6. The number of carbonyl (C=O) groups is 1. The molecule has 6 rings (SSSR count). The zero-order chi connectivity index (χ0) is 49.7. The monoisotopic (exact) mass is 1030 g/mol. The highest BCUT2D eigenvalue weighted by atomic mass is 35.5. The molecule has 6 N–H and O–H groups in total. The Morgan fingerprint density at radius 2 is 1.06 bits per heavy atom. The lowest BCUT2D eigenvalue weighted by molar-refractivity contribution is -0.192. The molecule has 0 bridgehead atoms. The number of methoxy groups -OCH3 is 6. The van der Waals surface area contributed by atoms with Crippen molar-refractivity contribution < 1.29 is 68.3 Å². The van der Waals surface area contributed by atoms with E-state index >= 15 is 0 Å². The van der Waals surface area contributed by atoms with Crippen LogP contribution in [0.3, 0.4) is 0 Å². The number of nitrogens with zero attached hydrogens (tertiary/aromatic N) is 4. The van der Waals surface area contributed by atoms with Gasteiger partial charge in [-0.05, 0) is 50.5 Å². The van der Waals surface area contributed by atoms with Crippen LogP contribution in [0.4, 0.5) is 30.4 Å². The van der Waals surface area contributed by atoms with Crippen molar-refractivity contribution in [3.05, 3.63) is 76.4 Å². The van der Waals surface area contributed by atoms with Gasteiger partial charge in [-0.1, -0.05) is 34.8 Å². The predicted octanol–water partition coefficient (Wildman–Crippen LogP) is 6.73. The Labute approximate surface area is 390 Å². The van der Waals surface area contributed by atoms with Crippen molar-refractivity contribution in [2.75, 3.05) is 67.8 Å². The number of rotatable bonds is 12. The smallest absolute Gasteiger partial charge is 0.490 e. The highest BCUT2D eigenvalue weighted by Gasteiger charge is 2.38. The van der Waals surface area contributed by atoms with E-state index in [0.29, 0.717) is 83.0 Å². The van der Waals surface area contributed by atoms with Gasteiger partial charge in [0.25, 0.3) is 0 Å². The Morgan fingerprint density at radius 1 is 0.636 bits per heavy atom. The van der Waals surface area contributed by atoms with E-state index in [9.17, 15) is 30.0 Å². The van der Waals surface area contributed by atoms with Crippen LogP contribution in [0.2, 0.25) is 15.2 Å². The van der Waals surface area contributed by atoms with Gasteiger partial charge in [-0.2, -0.15) is 13.2 Å². The summed E-state index contributed by atoms with van der Waals surface area (Å²) >= 11 is 17.9. The average molecular weight is 1030 g/mol. The van der Waals surface area contributed by atoms with Gasteiger partial charge in [0.1, 0.15) is 23.6 Å². The molecule has 0 atom stereocenters. The second-order valence-electron chi connectivity index (χ2n) is 12.1. The van der Waals surface area contributed by atoms with Gasteiger partial charge >= 0.3 is 12.1 Å². The lowest BCUT2D eigenvalue weighted by Gasteiger charge is -2.17. The summed E-state index contributed by atoms with van der Waals surface area (Å²) in [5.74, 6) is 0.249. The highest BCUT2D eigenvalue weighted by molar-refractivity contribution is 7.89. The molecule has 0 radical (unpaired) electrons. The number of nitrogen functional groups attached to an aromatic ring is 1. The summed E-state index contributed by atoms with van der Waals surface area (Å²) in [4.78, 5) is 25.6. The first kappa shape index (κ1) is 54.2. The highest BCUT2D eigenvalue weighted by Crippen LogP contribution is 2.46. The number of benzene rings is 4. The molecule has 4 aromatic carbocycles. The third-order valence-electron chi connectivity index (χ3n) is 8.37. The van der Waals surface area contributed by atoms with E-state index < -0.39 is 32.2 Å². The second-order valence-corrected chi connectivity index (χ2v) is 17.1. The van der Waals surface area contributed by atoms with Crippen LogP contribution in [0.25, 0.3) is 21.8 Å². The Hall–Kier alpha value is -6.09. The van der Waals surface area contributed by atoms with Crippen molar-refractivity contribution in [2.45, 2.75) is 16.0 Å². The molecular formula is C38H40Cl3F3N8O12S2. The van der Waals surface area contributed by atoms with Gasteiger partial charge in [0.15, 0.2) is 23.0 Å². The van der Waals surface area contributed by atoms with Gasteiger partial charge < -0.3 is 44.6 Å². The molecule has 66 heavy (non-hydrogen) atoms. The van der Waals surface area contributed by atoms with Crippen LogP contribution in [0.5, 0.6) is 34.5 Å². The molecule has 2 aromatic heterocycles. The Kier molecular flexibility index (Phi) is 19.2. The molecule has 20 nitrogen and oxygen atoms in total.